The van der Waals surface area contributed by atoms with E-state index in [-0.39, 0.29) is 17.7 Å². The molecule has 3 N–H and O–H groups in total. The van der Waals surface area contributed by atoms with E-state index in [4.69, 9.17) is 10.2 Å². The van der Waals surface area contributed by atoms with Crippen LogP contribution in [0.2, 0.25) is 0 Å². The van der Waals surface area contributed by atoms with Crippen LogP contribution in [0.15, 0.2) is 66.7 Å². The summed E-state index contributed by atoms with van der Waals surface area (Å²) in [5.74, 6) is -1.84. The second kappa shape index (κ2) is 10.4. The van der Waals surface area contributed by atoms with Crippen molar-refractivity contribution >= 4 is 18.1 Å². The van der Waals surface area contributed by atoms with Crippen molar-refractivity contribution in [3.8, 4) is 11.1 Å². The predicted molar refractivity (Wildman–Crippen MR) is 118 cm³/mol. The Hall–Kier alpha value is -3.49. The van der Waals surface area contributed by atoms with Gasteiger partial charge in [-0.25, -0.2) is 4.39 Å². The lowest BCUT2D eigenvalue weighted by atomic mass is 9.99. The highest BCUT2D eigenvalue weighted by Gasteiger charge is 2.32. The molecule has 0 fully saturated rings. The fourth-order valence-corrected chi connectivity index (χ4v) is 3.29. The highest BCUT2D eigenvalue weighted by atomic mass is 19.4. The number of aliphatic carboxylic acids is 1. The van der Waals surface area contributed by atoms with Gasteiger partial charge in [-0.2, -0.15) is 13.2 Å². The van der Waals surface area contributed by atoms with Crippen LogP contribution in [0.3, 0.4) is 0 Å². The molecule has 0 radical (unpaired) electrons. The molecule has 172 valence electrons. The average Bonchev–Trinajstić information content (AvgIpc) is 2.78. The average molecular weight is 459 g/mol. The Balaban J connectivity index is 1.94. The second-order valence-corrected chi connectivity index (χ2v) is 7.28. The van der Waals surface area contributed by atoms with Crippen molar-refractivity contribution in [2.45, 2.75) is 18.8 Å². The van der Waals surface area contributed by atoms with Gasteiger partial charge in [0.05, 0.1) is 12.2 Å². The molecule has 33 heavy (non-hydrogen) atoms. The van der Waals surface area contributed by atoms with Crippen molar-refractivity contribution in [1.29, 1.82) is 0 Å². The van der Waals surface area contributed by atoms with Crippen molar-refractivity contribution < 1.29 is 32.6 Å². The Morgan fingerprint density at radius 1 is 0.970 bits per heavy atom. The first kappa shape index (κ1) is 24.2. The Bertz CT molecular complexity index is 1140. The van der Waals surface area contributed by atoms with Gasteiger partial charge in [-0.15, -0.1) is 0 Å². The van der Waals surface area contributed by atoms with Gasteiger partial charge in [0, 0.05) is 17.7 Å². The van der Waals surface area contributed by atoms with Gasteiger partial charge < -0.3 is 10.2 Å². The number of hydrogen-bond donors (Lipinski definition) is 3. The van der Waals surface area contributed by atoms with Crippen LogP contribution in [0, 0.1) is 5.82 Å². The summed E-state index contributed by atoms with van der Waals surface area (Å²) >= 11 is 0. The van der Waals surface area contributed by atoms with Crippen LogP contribution in [0.25, 0.3) is 23.3 Å². The Kier molecular flexibility index (Phi) is 7.63. The fraction of sp³-hybridized carbons (Fsp3) is 0.160. The molecule has 0 aliphatic heterocycles. The normalized spacial score (nSPS) is 12.8. The highest BCUT2D eigenvalue weighted by molar-refractivity contribution is 5.76. The van der Waals surface area contributed by atoms with Crippen LogP contribution < -0.4 is 5.32 Å². The number of benzene rings is 3. The van der Waals surface area contributed by atoms with Crippen LogP contribution >= 0.6 is 0 Å². The van der Waals surface area contributed by atoms with E-state index in [0.717, 1.165) is 6.07 Å². The molecule has 0 aliphatic carbocycles. The number of rotatable bonds is 8. The van der Waals surface area contributed by atoms with E-state index in [1.54, 1.807) is 42.5 Å². The number of aliphatic hydroxyl groups excluding tert-OH is 1. The first-order valence-corrected chi connectivity index (χ1v) is 10.00. The largest absolute Gasteiger partial charge is 0.480 e. The molecule has 0 saturated carbocycles. The zero-order chi connectivity index (χ0) is 24.0. The molecule has 3 rings (SSSR count). The third-order valence-corrected chi connectivity index (χ3v) is 5.01. The maximum Gasteiger partial charge on any atom is 0.416 e. The van der Waals surface area contributed by atoms with Crippen LogP contribution in [-0.4, -0.2) is 28.8 Å². The van der Waals surface area contributed by atoms with Gasteiger partial charge in [0.25, 0.3) is 0 Å². The summed E-state index contributed by atoms with van der Waals surface area (Å²) in [7, 11) is 0. The molecule has 4 nitrogen and oxygen atoms in total. The van der Waals surface area contributed by atoms with Gasteiger partial charge in [0.1, 0.15) is 11.9 Å². The second-order valence-electron chi connectivity index (χ2n) is 7.28. The number of halogens is 4. The van der Waals surface area contributed by atoms with Crippen LogP contribution in [-0.2, 0) is 17.5 Å². The number of carboxylic acids is 1. The SMILES string of the molecule is O=C(O)C(CO)NCc1ccc(C(F)(F)F)c(/C=C/c2cccc(-c3ccccc3)c2F)c1. The predicted octanol–water partition coefficient (Wildman–Crippen LogP) is 5.22. The van der Waals surface area contributed by atoms with E-state index < -0.39 is 36.2 Å². The van der Waals surface area contributed by atoms with E-state index in [2.05, 4.69) is 5.32 Å². The van der Waals surface area contributed by atoms with E-state index in [1.165, 1.54) is 30.4 Å². The Labute approximate surface area is 187 Å². The van der Waals surface area contributed by atoms with E-state index in [0.29, 0.717) is 16.7 Å². The van der Waals surface area contributed by atoms with Crippen LogP contribution in [0.1, 0.15) is 22.3 Å². The van der Waals surface area contributed by atoms with Crippen LogP contribution in [0.4, 0.5) is 17.6 Å². The molecule has 0 heterocycles. The zero-order valence-corrected chi connectivity index (χ0v) is 17.3. The number of carboxylic acid groups (broad SMARTS) is 1. The van der Waals surface area contributed by atoms with E-state index >= 15 is 4.39 Å². The summed E-state index contributed by atoms with van der Waals surface area (Å²) < 4.78 is 55.6. The van der Waals surface area contributed by atoms with Gasteiger partial charge >= 0.3 is 12.1 Å². The molecule has 3 aromatic rings. The molecule has 0 amide bonds. The smallest absolute Gasteiger partial charge is 0.416 e. The Morgan fingerprint density at radius 2 is 1.67 bits per heavy atom. The number of aliphatic hydroxyl groups is 1. The molecule has 0 aliphatic rings. The maximum atomic E-state index is 15.0. The summed E-state index contributed by atoms with van der Waals surface area (Å²) in [4.78, 5) is 11.0. The van der Waals surface area contributed by atoms with Crippen molar-refractivity contribution in [3.63, 3.8) is 0 Å². The minimum Gasteiger partial charge on any atom is -0.480 e. The molecule has 0 bridgehead atoms. The highest BCUT2D eigenvalue weighted by Crippen LogP contribution is 2.34. The molecule has 0 spiro atoms. The lowest BCUT2D eigenvalue weighted by Gasteiger charge is -2.15. The molecule has 1 atom stereocenters. The quantitative estimate of drug-likeness (QED) is 0.319. The van der Waals surface area contributed by atoms with Gasteiger partial charge in [0.2, 0.25) is 0 Å². The molecule has 8 heteroatoms. The standard InChI is InChI=1S/C25H21F4NO3/c26-23-18(7-4-8-20(23)17-5-2-1-3-6-17)10-11-19-13-16(9-12-21(19)25(27,28)29)14-30-22(15-31)24(32)33/h1-13,22,30-31H,14-15H2,(H,32,33)/b11-10+. The van der Waals surface area contributed by atoms with Gasteiger partial charge in [-0.3, -0.25) is 10.1 Å². The van der Waals surface area contributed by atoms with Gasteiger partial charge in [-0.1, -0.05) is 66.7 Å². The number of hydrogen-bond acceptors (Lipinski definition) is 3. The molecule has 0 saturated heterocycles. The Morgan fingerprint density at radius 3 is 2.30 bits per heavy atom. The maximum absolute atomic E-state index is 15.0. The third-order valence-electron chi connectivity index (χ3n) is 5.01. The summed E-state index contributed by atoms with van der Waals surface area (Å²) in [6.07, 6.45) is -2.18. The lowest BCUT2D eigenvalue weighted by Crippen LogP contribution is -2.39. The van der Waals surface area contributed by atoms with Crippen molar-refractivity contribution in [2.75, 3.05) is 6.61 Å². The summed E-state index contributed by atoms with van der Waals surface area (Å²) in [6.45, 7) is -0.742. The first-order chi connectivity index (χ1) is 15.7. The molecule has 1 unspecified atom stereocenters. The molecular formula is C25H21F4NO3. The monoisotopic (exact) mass is 459 g/mol. The van der Waals surface area contributed by atoms with E-state index in [1.807, 2.05) is 0 Å². The first-order valence-electron chi connectivity index (χ1n) is 10.00. The van der Waals surface area contributed by atoms with Crippen molar-refractivity contribution in [1.82, 2.24) is 5.32 Å². The third kappa shape index (κ3) is 6.06. The van der Waals surface area contributed by atoms with Crippen molar-refractivity contribution in [2.24, 2.45) is 0 Å². The molecule has 3 aromatic carbocycles. The fourth-order valence-electron chi connectivity index (χ4n) is 3.29. The number of nitrogens with one attached hydrogen (secondary N) is 1. The molecule has 0 aromatic heterocycles. The van der Waals surface area contributed by atoms with E-state index in [9.17, 15) is 18.0 Å². The minimum absolute atomic E-state index is 0.0750. The summed E-state index contributed by atoms with van der Waals surface area (Å²) in [5.41, 5.74) is 0.378. The molecular weight excluding hydrogens is 438 g/mol. The summed E-state index contributed by atoms with van der Waals surface area (Å²) in [6, 6.07) is 15.6. The lowest BCUT2D eigenvalue weighted by molar-refractivity contribution is -0.140. The van der Waals surface area contributed by atoms with Gasteiger partial charge in [-0.05, 0) is 28.8 Å². The van der Waals surface area contributed by atoms with Crippen LogP contribution in [0.5, 0.6) is 0 Å². The van der Waals surface area contributed by atoms with Gasteiger partial charge in [0.15, 0.2) is 0 Å². The zero-order valence-electron chi connectivity index (χ0n) is 17.3. The number of alkyl halides is 3. The summed E-state index contributed by atoms with van der Waals surface area (Å²) in [5, 5.41) is 20.6. The number of carbonyl (C=O) groups is 1. The topological polar surface area (TPSA) is 69.6 Å². The minimum atomic E-state index is -4.63. The van der Waals surface area contributed by atoms with Crippen molar-refractivity contribution in [3.05, 3.63) is 94.8 Å².